The van der Waals surface area contributed by atoms with Gasteiger partial charge in [0, 0.05) is 32.8 Å². The van der Waals surface area contributed by atoms with E-state index in [0.29, 0.717) is 17.2 Å². The molecule has 10 heteroatoms. The molecule has 0 saturated carbocycles. The number of nitro groups is 1. The normalized spacial score (nSPS) is 12.8. The highest BCUT2D eigenvalue weighted by Crippen LogP contribution is 2.32. The maximum absolute atomic E-state index is 12.6. The van der Waals surface area contributed by atoms with Crippen molar-refractivity contribution < 1.29 is 28.7 Å². The topological polar surface area (TPSA) is 120 Å². The molecule has 0 unspecified atom stereocenters. The van der Waals surface area contributed by atoms with Crippen LogP contribution in [0.5, 0.6) is 11.5 Å². The molecule has 0 aromatic heterocycles. The lowest BCUT2D eigenvalue weighted by Crippen LogP contribution is -2.35. The summed E-state index contributed by atoms with van der Waals surface area (Å²) >= 11 is 0. The molecule has 1 heterocycles. The van der Waals surface area contributed by atoms with Crippen LogP contribution in [0.25, 0.3) is 0 Å². The van der Waals surface area contributed by atoms with E-state index in [4.69, 9.17) is 14.2 Å². The number of benzene rings is 2. The number of fused-ring (bicyclic) bond motifs is 1. The van der Waals surface area contributed by atoms with Crippen molar-refractivity contribution in [3.8, 4) is 11.5 Å². The molecule has 10 nitrogen and oxygen atoms in total. The summed E-state index contributed by atoms with van der Waals surface area (Å²) in [7, 11) is 3.39. The Balaban J connectivity index is 1.64. The summed E-state index contributed by atoms with van der Waals surface area (Å²) in [6.07, 6.45) is -1.10. The van der Waals surface area contributed by atoms with Crippen LogP contribution < -0.4 is 19.7 Å². The zero-order valence-electron chi connectivity index (χ0n) is 16.7. The van der Waals surface area contributed by atoms with Gasteiger partial charge in [-0.2, -0.15) is 0 Å². The predicted molar refractivity (Wildman–Crippen MR) is 107 cm³/mol. The van der Waals surface area contributed by atoms with E-state index < -0.39 is 22.9 Å². The van der Waals surface area contributed by atoms with E-state index in [1.807, 2.05) is 0 Å². The summed E-state index contributed by atoms with van der Waals surface area (Å²) in [5.41, 5.74) is 0.996. The summed E-state index contributed by atoms with van der Waals surface area (Å²) in [6, 6.07) is 9.18. The Bertz CT molecular complexity index is 990. The zero-order chi connectivity index (χ0) is 21.8. The largest absolute Gasteiger partial charge is 0.454 e. The molecule has 0 fully saturated rings. The van der Waals surface area contributed by atoms with Crippen molar-refractivity contribution in [2.75, 3.05) is 25.8 Å². The molecule has 0 spiro atoms. The second-order valence-corrected chi connectivity index (χ2v) is 6.81. The minimum absolute atomic E-state index is 0.00428. The van der Waals surface area contributed by atoms with E-state index >= 15 is 0 Å². The van der Waals surface area contributed by atoms with Crippen molar-refractivity contribution in [3.05, 3.63) is 57.6 Å². The first-order valence-electron chi connectivity index (χ1n) is 9.09. The Hall–Kier alpha value is -3.82. The number of carbonyl (C=O) groups excluding carboxylic acids is 2. The lowest BCUT2D eigenvalue weighted by molar-refractivity contribution is -0.384. The van der Waals surface area contributed by atoms with Gasteiger partial charge in [-0.05, 0) is 30.7 Å². The van der Waals surface area contributed by atoms with Crippen molar-refractivity contribution in [1.82, 2.24) is 5.32 Å². The van der Waals surface area contributed by atoms with E-state index in [-0.39, 0.29) is 24.6 Å². The molecular weight excluding hydrogens is 394 g/mol. The van der Waals surface area contributed by atoms with Gasteiger partial charge in [0.1, 0.15) is 0 Å². The Labute approximate surface area is 172 Å². The van der Waals surface area contributed by atoms with Gasteiger partial charge in [0.2, 0.25) is 6.79 Å². The summed E-state index contributed by atoms with van der Waals surface area (Å²) in [5, 5.41) is 13.7. The molecule has 0 aliphatic carbocycles. The molecule has 2 aromatic rings. The summed E-state index contributed by atoms with van der Waals surface area (Å²) in [5.74, 6) is -0.0879. The Morgan fingerprint density at radius 1 is 1.20 bits per heavy atom. The number of non-ortho nitro benzene ring substituents is 1. The molecular formula is C20H21N3O7. The molecule has 30 heavy (non-hydrogen) atoms. The Morgan fingerprint density at radius 3 is 2.63 bits per heavy atom. The summed E-state index contributed by atoms with van der Waals surface area (Å²) < 4.78 is 15.8. The number of nitro benzene ring substituents is 1. The Morgan fingerprint density at radius 2 is 1.93 bits per heavy atom. The average Bonchev–Trinajstić information content (AvgIpc) is 3.19. The molecule has 1 aliphatic rings. The van der Waals surface area contributed by atoms with E-state index in [0.717, 1.165) is 11.6 Å². The van der Waals surface area contributed by atoms with Gasteiger partial charge in [-0.3, -0.25) is 14.9 Å². The lowest BCUT2D eigenvalue weighted by Gasteiger charge is -2.18. The number of carbonyl (C=O) groups is 2. The lowest BCUT2D eigenvalue weighted by atomic mass is 10.1. The number of nitrogens with one attached hydrogen (secondary N) is 1. The fourth-order valence-electron chi connectivity index (χ4n) is 2.85. The van der Waals surface area contributed by atoms with Gasteiger partial charge in [0.25, 0.3) is 11.6 Å². The highest BCUT2D eigenvalue weighted by molar-refractivity contribution is 5.98. The third-order valence-electron chi connectivity index (χ3n) is 4.45. The minimum Gasteiger partial charge on any atom is -0.454 e. The van der Waals surface area contributed by atoms with Gasteiger partial charge in [0.05, 0.1) is 16.2 Å². The van der Waals surface area contributed by atoms with Crippen LogP contribution in [0, 0.1) is 10.1 Å². The number of amides is 1. The number of rotatable bonds is 7. The molecule has 1 amide bonds. The third-order valence-corrected chi connectivity index (χ3v) is 4.45. The average molecular weight is 415 g/mol. The number of nitrogens with zero attached hydrogens (tertiary/aromatic N) is 2. The number of ether oxygens (including phenoxy) is 3. The maximum atomic E-state index is 12.6. The quantitative estimate of drug-likeness (QED) is 0.415. The summed E-state index contributed by atoms with van der Waals surface area (Å²) in [6.45, 7) is 1.79. The molecule has 0 radical (unpaired) electrons. The second kappa shape index (κ2) is 8.68. The van der Waals surface area contributed by atoms with Gasteiger partial charge in [-0.1, -0.05) is 6.07 Å². The maximum Gasteiger partial charge on any atom is 0.341 e. The van der Waals surface area contributed by atoms with Gasteiger partial charge in [-0.15, -0.1) is 0 Å². The number of anilines is 1. The smallest absolute Gasteiger partial charge is 0.341 e. The van der Waals surface area contributed by atoms with Crippen LogP contribution in [-0.4, -0.2) is 43.8 Å². The first-order valence-corrected chi connectivity index (χ1v) is 9.09. The molecule has 0 saturated heterocycles. The fraction of sp³-hybridized carbons (Fsp3) is 0.300. The molecule has 3 rings (SSSR count). The minimum atomic E-state index is -1.10. The van der Waals surface area contributed by atoms with Crippen molar-refractivity contribution in [2.45, 2.75) is 19.6 Å². The van der Waals surface area contributed by atoms with E-state index in [2.05, 4.69) is 5.32 Å². The molecule has 158 valence electrons. The van der Waals surface area contributed by atoms with Crippen LogP contribution in [-0.2, 0) is 16.1 Å². The van der Waals surface area contributed by atoms with Crippen molar-refractivity contribution >= 4 is 23.3 Å². The van der Waals surface area contributed by atoms with Gasteiger partial charge < -0.3 is 24.4 Å². The van der Waals surface area contributed by atoms with Crippen molar-refractivity contribution in [1.29, 1.82) is 0 Å². The fourth-order valence-corrected chi connectivity index (χ4v) is 2.85. The first kappa shape index (κ1) is 20.9. The second-order valence-electron chi connectivity index (χ2n) is 6.81. The standard InChI is InChI=1S/C20H21N3O7/c1-12(19(24)21-10-13-4-7-17-18(8-13)29-11-28-17)30-20(25)15-9-14(23(26)27)5-6-16(15)22(2)3/h4-9,12H,10-11H2,1-3H3,(H,21,24)/t12-/m0/s1. The van der Waals surface area contributed by atoms with Crippen molar-refractivity contribution in [3.63, 3.8) is 0 Å². The van der Waals surface area contributed by atoms with E-state index in [1.54, 1.807) is 37.2 Å². The van der Waals surface area contributed by atoms with Crippen molar-refractivity contribution in [2.24, 2.45) is 0 Å². The predicted octanol–water partition coefficient (Wildman–Crippen LogP) is 2.25. The van der Waals surface area contributed by atoms with Gasteiger partial charge in [-0.25, -0.2) is 4.79 Å². The Kier molecular flexibility index (Phi) is 6.05. The number of esters is 1. The molecule has 0 bridgehead atoms. The van der Waals surface area contributed by atoms with E-state index in [9.17, 15) is 19.7 Å². The third kappa shape index (κ3) is 4.59. The number of hydrogen-bond acceptors (Lipinski definition) is 8. The molecule has 1 N–H and O–H groups in total. The summed E-state index contributed by atoms with van der Waals surface area (Å²) in [4.78, 5) is 37.0. The SMILES string of the molecule is C[C@H](OC(=O)c1cc([N+](=O)[O-])ccc1N(C)C)C(=O)NCc1ccc2c(c1)OCO2. The molecule has 1 atom stereocenters. The van der Waals surface area contributed by atoms with Crippen LogP contribution in [0.4, 0.5) is 11.4 Å². The van der Waals surface area contributed by atoms with Crippen LogP contribution >= 0.6 is 0 Å². The van der Waals surface area contributed by atoms with Crippen LogP contribution in [0.3, 0.4) is 0 Å². The van der Waals surface area contributed by atoms with Gasteiger partial charge in [0.15, 0.2) is 17.6 Å². The van der Waals surface area contributed by atoms with Crippen LogP contribution in [0.2, 0.25) is 0 Å². The van der Waals surface area contributed by atoms with Gasteiger partial charge >= 0.3 is 5.97 Å². The zero-order valence-corrected chi connectivity index (χ0v) is 16.7. The first-order chi connectivity index (χ1) is 14.3. The molecule has 2 aromatic carbocycles. The monoisotopic (exact) mass is 415 g/mol. The molecule has 1 aliphatic heterocycles. The highest BCUT2D eigenvalue weighted by Gasteiger charge is 2.24. The van der Waals surface area contributed by atoms with E-state index in [1.165, 1.54) is 19.1 Å². The van der Waals surface area contributed by atoms with Crippen LogP contribution in [0.1, 0.15) is 22.8 Å². The van der Waals surface area contributed by atoms with Crippen LogP contribution in [0.15, 0.2) is 36.4 Å². The number of hydrogen-bond donors (Lipinski definition) is 1. The highest BCUT2D eigenvalue weighted by atomic mass is 16.7.